The number of hydrogen-bond donors (Lipinski definition) is 1. The summed E-state index contributed by atoms with van der Waals surface area (Å²) in [5.74, 6) is 0. The highest BCUT2D eigenvalue weighted by atomic mass is 31.2. The van der Waals surface area contributed by atoms with Gasteiger partial charge in [0.2, 0.25) is 0 Å². The van der Waals surface area contributed by atoms with Crippen LogP contribution < -0.4 is 6.15 Å². The van der Waals surface area contributed by atoms with Gasteiger partial charge < -0.3 is 6.15 Å². The van der Waals surface area contributed by atoms with Gasteiger partial charge in [-0.1, -0.05) is 40.0 Å². The lowest BCUT2D eigenvalue weighted by molar-refractivity contribution is 0.110. The molecular weight excluding hydrogens is 253 g/mol. The zero-order chi connectivity index (χ0) is 13.0. The van der Waals surface area contributed by atoms with E-state index in [2.05, 4.69) is 20.8 Å². The molecule has 0 spiro atoms. The predicted molar refractivity (Wildman–Crippen MR) is 76.2 cm³/mol. The molecular formula is C12H31NO4P+. The van der Waals surface area contributed by atoms with E-state index in [4.69, 9.17) is 13.6 Å². The van der Waals surface area contributed by atoms with E-state index in [1.165, 1.54) is 0 Å². The summed E-state index contributed by atoms with van der Waals surface area (Å²) in [6, 6.07) is 0. The van der Waals surface area contributed by atoms with Crippen LogP contribution in [-0.2, 0) is 18.1 Å². The molecule has 0 heterocycles. The molecule has 5 nitrogen and oxygen atoms in total. The van der Waals surface area contributed by atoms with Crippen LogP contribution in [0.5, 0.6) is 0 Å². The van der Waals surface area contributed by atoms with Gasteiger partial charge in [-0.25, -0.2) is 4.57 Å². The Hall–Kier alpha value is 0.0700. The fraction of sp³-hybridized carbons (Fsp3) is 1.00. The second kappa shape index (κ2) is 13.5. The molecule has 0 radical (unpaired) electrons. The first-order valence-corrected chi connectivity index (χ1v) is 8.18. The van der Waals surface area contributed by atoms with E-state index >= 15 is 0 Å². The summed E-state index contributed by atoms with van der Waals surface area (Å²) < 4.78 is 28.0. The predicted octanol–water partition coefficient (Wildman–Crippen LogP) is 4.92. The number of hydrogen-bond acceptors (Lipinski definition) is 4. The molecule has 112 valence electrons. The van der Waals surface area contributed by atoms with Crippen molar-refractivity contribution in [2.45, 2.75) is 59.3 Å². The van der Waals surface area contributed by atoms with Crippen molar-refractivity contribution in [1.82, 2.24) is 6.15 Å². The van der Waals surface area contributed by atoms with E-state index in [-0.39, 0.29) is 6.15 Å². The van der Waals surface area contributed by atoms with Crippen LogP contribution in [0.1, 0.15) is 59.3 Å². The average Bonchev–Trinajstić information content (AvgIpc) is 2.30. The second-order valence-electron chi connectivity index (χ2n) is 4.01. The van der Waals surface area contributed by atoms with Crippen molar-refractivity contribution >= 4 is 7.82 Å². The number of unbranched alkanes of at least 4 members (excludes halogenated alkanes) is 3. The fourth-order valence-corrected chi connectivity index (χ4v) is 2.36. The zero-order valence-corrected chi connectivity index (χ0v) is 13.3. The Morgan fingerprint density at radius 2 is 1.00 bits per heavy atom. The number of phosphoric acid groups is 1. The lowest BCUT2D eigenvalue weighted by Gasteiger charge is -2.17. The molecule has 0 aromatic carbocycles. The normalized spacial score (nSPS) is 11.3. The van der Waals surface area contributed by atoms with E-state index in [9.17, 15) is 4.57 Å². The molecule has 0 aromatic rings. The van der Waals surface area contributed by atoms with Gasteiger partial charge in [0, 0.05) is 0 Å². The maximum Gasteiger partial charge on any atom is 0.474 e. The fourth-order valence-electron chi connectivity index (χ4n) is 1.07. The van der Waals surface area contributed by atoms with Crippen molar-refractivity contribution in [1.29, 1.82) is 0 Å². The lowest BCUT2D eigenvalue weighted by Crippen LogP contribution is -2.03. The summed E-state index contributed by atoms with van der Waals surface area (Å²) in [5, 5.41) is 0. The first kappa shape index (κ1) is 20.4. The molecule has 4 N–H and O–H groups in total. The number of phosphoric ester groups is 1. The van der Waals surface area contributed by atoms with Crippen molar-refractivity contribution in [3.8, 4) is 0 Å². The first-order valence-electron chi connectivity index (χ1n) is 6.72. The van der Waals surface area contributed by atoms with Gasteiger partial charge in [-0.05, 0) is 19.3 Å². The van der Waals surface area contributed by atoms with Gasteiger partial charge in [0.05, 0.1) is 19.8 Å². The van der Waals surface area contributed by atoms with Crippen LogP contribution in [0.2, 0.25) is 0 Å². The molecule has 18 heavy (non-hydrogen) atoms. The van der Waals surface area contributed by atoms with Gasteiger partial charge >= 0.3 is 7.82 Å². The number of rotatable bonds is 12. The molecule has 0 rings (SSSR count). The minimum Gasteiger partial charge on any atom is -0.369 e. The summed E-state index contributed by atoms with van der Waals surface area (Å²) in [4.78, 5) is 0. The third-order valence-electron chi connectivity index (χ3n) is 2.24. The van der Waals surface area contributed by atoms with Crippen molar-refractivity contribution in [2.24, 2.45) is 0 Å². The molecule has 6 heteroatoms. The smallest absolute Gasteiger partial charge is 0.369 e. The average molecular weight is 284 g/mol. The quantitative estimate of drug-likeness (QED) is 0.407. The Kier molecular flexibility index (Phi) is 15.3. The standard InChI is InChI=1S/C12H27O4P.H3N/c1-4-7-10-14-17(13,15-11-8-5-2)16-12-9-6-3;/h4-12H2,1-3H3;1H3/p+1. The second-order valence-corrected chi connectivity index (χ2v) is 5.68. The Morgan fingerprint density at radius 3 is 1.22 bits per heavy atom. The van der Waals surface area contributed by atoms with Crippen molar-refractivity contribution in [3.63, 3.8) is 0 Å². The van der Waals surface area contributed by atoms with Gasteiger partial charge in [-0.2, -0.15) is 0 Å². The summed E-state index contributed by atoms with van der Waals surface area (Å²) in [6.07, 6.45) is 5.63. The van der Waals surface area contributed by atoms with Gasteiger partial charge in [0.1, 0.15) is 0 Å². The van der Waals surface area contributed by atoms with Crippen LogP contribution in [0.4, 0.5) is 0 Å². The lowest BCUT2D eigenvalue weighted by atomic mass is 10.4. The van der Waals surface area contributed by atoms with Crippen LogP contribution in [0, 0.1) is 0 Å². The van der Waals surface area contributed by atoms with Crippen molar-refractivity contribution in [3.05, 3.63) is 0 Å². The van der Waals surface area contributed by atoms with Gasteiger partial charge in [0.15, 0.2) is 0 Å². The van der Waals surface area contributed by atoms with Crippen LogP contribution in [0.3, 0.4) is 0 Å². The van der Waals surface area contributed by atoms with E-state index in [0.29, 0.717) is 19.8 Å². The SMILES string of the molecule is CCCCOP(=O)(OCCCC)OCCCC.[NH4+]. The van der Waals surface area contributed by atoms with Gasteiger partial charge in [-0.15, -0.1) is 0 Å². The van der Waals surface area contributed by atoms with E-state index in [0.717, 1.165) is 38.5 Å². The van der Waals surface area contributed by atoms with Crippen molar-refractivity contribution < 1.29 is 18.1 Å². The minimum atomic E-state index is -3.31. The summed E-state index contributed by atoms with van der Waals surface area (Å²) in [6.45, 7) is 7.49. The molecule has 0 atom stereocenters. The maximum atomic E-state index is 12.2. The first-order chi connectivity index (χ1) is 8.18. The van der Waals surface area contributed by atoms with Gasteiger partial charge in [-0.3, -0.25) is 13.6 Å². The summed E-state index contributed by atoms with van der Waals surface area (Å²) in [7, 11) is -3.31. The van der Waals surface area contributed by atoms with E-state index < -0.39 is 7.82 Å². The monoisotopic (exact) mass is 284 g/mol. The molecule has 0 aliphatic rings. The largest absolute Gasteiger partial charge is 0.474 e. The summed E-state index contributed by atoms with van der Waals surface area (Å²) >= 11 is 0. The minimum absolute atomic E-state index is 0. The molecule has 0 bridgehead atoms. The third kappa shape index (κ3) is 11.2. The maximum absolute atomic E-state index is 12.2. The topological polar surface area (TPSA) is 81.3 Å². The molecule has 0 amide bonds. The highest BCUT2D eigenvalue weighted by Crippen LogP contribution is 2.49. The Labute approximate surface area is 112 Å². The van der Waals surface area contributed by atoms with Crippen LogP contribution in [0.15, 0.2) is 0 Å². The Morgan fingerprint density at radius 1 is 0.722 bits per heavy atom. The van der Waals surface area contributed by atoms with Crippen molar-refractivity contribution in [2.75, 3.05) is 19.8 Å². The molecule has 0 unspecified atom stereocenters. The molecule has 0 aliphatic carbocycles. The van der Waals surface area contributed by atoms with Crippen LogP contribution in [-0.4, -0.2) is 19.8 Å². The van der Waals surface area contributed by atoms with Crippen LogP contribution >= 0.6 is 7.82 Å². The summed E-state index contributed by atoms with van der Waals surface area (Å²) in [5.41, 5.74) is 0. The van der Waals surface area contributed by atoms with Crippen LogP contribution in [0.25, 0.3) is 0 Å². The molecule has 0 fully saturated rings. The van der Waals surface area contributed by atoms with E-state index in [1.54, 1.807) is 0 Å². The third-order valence-corrected chi connectivity index (χ3v) is 3.74. The van der Waals surface area contributed by atoms with E-state index in [1.807, 2.05) is 0 Å². The molecule has 0 saturated carbocycles. The Balaban J connectivity index is 0. The highest BCUT2D eigenvalue weighted by molar-refractivity contribution is 7.48. The Bertz CT molecular complexity index is 181. The highest BCUT2D eigenvalue weighted by Gasteiger charge is 2.25. The zero-order valence-electron chi connectivity index (χ0n) is 12.4. The molecule has 0 aromatic heterocycles. The number of quaternary nitrogens is 1. The molecule has 0 saturated heterocycles. The molecule has 0 aliphatic heterocycles. The van der Waals surface area contributed by atoms with Gasteiger partial charge in [0.25, 0.3) is 0 Å².